The van der Waals surface area contributed by atoms with E-state index in [0.29, 0.717) is 31.1 Å². The predicted octanol–water partition coefficient (Wildman–Crippen LogP) is 1.71. The average molecular weight is 345 g/mol. The zero-order chi connectivity index (χ0) is 17.0. The van der Waals surface area contributed by atoms with E-state index in [0.717, 1.165) is 11.4 Å². The molecule has 1 atom stereocenters. The number of nitriles is 1. The van der Waals surface area contributed by atoms with Crippen LogP contribution >= 0.6 is 11.8 Å². The first-order valence-corrected chi connectivity index (χ1v) is 9.11. The van der Waals surface area contributed by atoms with Gasteiger partial charge in [0.15, 0.2) is 0 Å². The third kappa shape index (κ3) is 3.49. The minimum absolute atomic E-state index is 0.0897. The van der Waals surface area contributed by atoms with Crippen molar-refractivity contribution in [3.05, 3.63) is 24.3 Å². The number of hydrogen-bond acceptors (Lipinski definition) is 5. The van der Waals surface area contributed by atoms with Gasteiger partial charge in [0.2, 0.25) is 11.8 Å². The molecule has 126 valence electrons. The maximum absolute atomic E-state index is 12.5. The maximum Gasteiger partial charge on any atom is 0.227 e. The van der Waals surface area contributed by atoms with Gasteiger partial charge in [-0.3, -0.25) is 9.59 Å². The van der Waals surface area contributed by atoms with Crippen LogP contribution in [-0.2, 0) is 9.59 Å². The Morgan fingerprint density at radius 3 is 2.96 bits per heavy atom. The van der Waals surface area contributed by atoms with Crippen LogP contribution < -0.4 is 15.0 Å². The average Bonchev–Trinajstić information content (AvgIpc) is 3.08. The molecule has 1 fully saturated rings. The highest BCUT2D eigenvalue weighted by Crippen LogP contribution is 2.31. The molecule has 0 saturated carbocycles. The lowest BCUT2D eigenvalue weighted by atomic mass is 10.0. The summed E-state index contributed by atoms with van der Waals surface area (Å²) in [5, 5.41) is 12.1. The Bertz CT molecular complexity index is 680. The Morgan fingerprint density at radius 1 is 1.38 bits per heavy atom. The molecule has 2 aliphatic heterocycles. The van der Waals surface area contributed by atoms with Crippen LogP contribution in [0.5, 0.6) is 5.75 Å². The van der Waals surface area contributed by atoms with Gasteiger partial charge < -0.3 is 15.0 Å². The highest BCUT2D eigenvalue weighted by molar-refractivity contribution is 7.99. The summed E-state index contributed by atoms with van der Waals surface area (Å²) in [4.78, 5) is 26.3. The van der Waals surface area contributed by atoms with E-state index >= 15 is 0 Å². The third-order valence-electron chi connectivity index (χ3n) is 4.21. The summed E-state index contributed by atoms with van der Waals surface area (Å²) in [6, 6.07) is 9.60. The molecule has 0 aliphatic carbocycles. The Morgan fingerprint density at radius 2 is 2.21 bits per heavy atom. The number of amides is 2. The lowest BCUT2D eigenvalue weighted by molar-refractivity contribution is -0.126. The first-order valence-electron chi connectivity index (χ1n) is 7.96. The normalized spacial score (nSPS) is 22.2. The van der Waals surface area contributed by atoms with Gasteiger partial charge in [0.05, 0.1) is 18.3 Å². The summed E-state index contributed by atoms with van der Waals surface area (Å²) in [5.74, 6) is 1.83. The van der Waals surface area contributed by atoms with Gasteiger partial charge >= 0.3 is 0 Å². The van der Waals surface area contributed by atoms with Crippen LogP contribution in [0.4, 0.5) is 5.69 Å². The molecule has 0 bridgehead atoms. The van der Waals surface area contributed by atoms with E-state index in [1.54, 1.807) is 16.7 Å². The number of anilines is 1. The van der Waals surface area contributed by atoms with Gasteiger partial charge in [-0.1, -0.05) is 12.1 Å². The molecule has 0 spiro atoms. The molecule has 1 aromatic carbocycles. The molecule has 6 nitrogen and oxygen atoms in total. The number of hydrogen-bond donors (Lipinski definition) is 1. The van der Waals surface area contributed by atoms with Gasteiger partial charge in [0.1, 0.15) is 17.9 Å². The quantitative estimate of drug-likeness (QED) is 0.898. The monoisotopic (exact) mass is 345 g/mol. The van der Waals surface area contributed by atoms with Crippen molar-refractivity contribution in [2.24, 2.45) is 0 Å². The minimum atomic E-state index is -0.767. The summed E-state index contributed by atoms with van der Waals surface area (Å²) >= 11 is 1.66. The standard InChI is InChI=1S/C17H19N3O3S/c18-11-17(7-10-24-12-17)19-15(21)5-6-16(22)20-8-9-23-14-4-2-1-3-13(14)20/h1-4H,5-10,12H2,(H,19,21)/t17-/m0/s1. The van der Waals surface area contributed by atoms with Crippen LogP contribution in [0, 0.1) is 11.3 Å². The minimum Gasteiger partial charge on any atom is -0.490 e. The number of ether oxygens (including phenoxy) is 1. The van der Waals surface area contributed by atoms with Gasteiger partial charge in [-0.15, -0.1) is 0 Å². The van der Waals surface area contributed by atoms with Crippen molar-refractivity contribution in [3.63, 3.8) is 0 Å². The zero-order valence-electron chi connectivity index (χ0n) is 13.3. The third-order valence-corrected chi connectivity index (χ3v) is 5.40. The summed E-state index contributed by atoms with van der Waals surface area (Å²) in [6.45, 7) is 0.931. The van der Waals surface area contributed by atoms with Crippen molar-refractivity contribution in [3.8, 4) is 11.8 Å². The van der Waals surface area contributed by atoms with Gasteiger partial charge in [-0.2, -0.15) is 17.0 Å². The number of nitrogens with zero attached hydrogens (tertiary/aromatic N) is 2. The van der Waals surface area contributed by atoms with Gasteiger partial charge in [-0.05, 0) is 24.3 Å². The molecule has 2 heterocycles. The van der Waals surface area contributed by atoms with E-state index in [1.807, 2.05) is 24.3 Å². The van der Waals surface area contributed by atoms with E-state index in [-0.39, 0.29) is 24.7 Å². The second-order valence-electron chi connectivity index (χ2n) is 5.91. The zero-order valence-corrected chi connectivity index (χ0v) is 14.1. The first-order chi connectivity index (χ1) is 11.6. The van der Waals surface area contributed by atoms with Gasteiger partial charge in [0, 0.05) is 18.6 Å². The molecule has 1 aromatic rings. The maximum atomic E-state index is 12.5. The fourth-order valence-corrected chi connectivity index (χ4v) is 4.16. The summed E-state index contributed by atoms with van der Waals surface area (Å²) in [7, 11) is 0. The number of carbonyl (C=O) groups excluding carboxylic acids is 2. The number of thioether (sulfide) groups is 1. The Labute approximate surface area is 145 Å². The highest BCUT2D eigenvalue weighted by atomic mass is 32.2. The molecular weight excluding hydrogens is 326 g/mol. The largest absolute Gasteiger partial charge is 0.490 e. The molecule has 2 amide bonds. The molecule has 1 N–H and O–H groups in total. The summed E-state index contributed by atoms with van der Waals surface area (Å²) in [6.07, 6.45) is 0.867. The Hall–Kier alpha value is -2.20. The van der Waals surface area contributed by atoms with Crippen molar-refractivity contribution >= 4 is 29.3 Å². The van der Waals surface area contributed by atoms with E-state index in [1.165, 1.54) is 0 Å². The van der Waals surface area contributed by atoms with Crippen LogP contribution in [0.25, 0.3) is 0 Å². The second-order valence-corrected chi connectivity index (χ2v) is 7.01. The Kier molecular flexibility index (Phi) is 4.95. The summed E-state index contributed by atoms with van der Waals surface area (Å²) < 4.78 is 5.53. The van der Waals surface area contributed by atoms with E-state index in [4.69, 9.17) is 4.74 Å². The van der Waals surface area contributed by atoms with Crippen molar-refractivity contribution in [1.82, 2.24) is 5.32 Å². The van der Waals surface area contributed by atoms with Gasteiger partial charge in [0.25, 0.3) is 0 Å². The van der Waals surface area contributed by atoms with Crippen LogP contribution in [0.15, 0.2) is 24.3 Å². The van der Waals surface area contributed by atoms with Crippen LogP contribution in [-0.4, -0.2) is 42.0 Å². The number of nitrogens with one attached hydrogen (secondary N) is 1. The number of rotatable bonds is 4. The van der Waals surface area contributed by atoms with Crippen LogP contribution in [0.3, 0.4) is 0 Å². The molecule has 7 heteroatoms. The van der Waals surface area contributed by atoms with Crippen LogP contribution in [0.2, 0.25) is 0 Å². The van der Waals surface area contributed by atoms with Crippen molar-refractivity contribution in [2.75, 3.05) is 29.6 Å². The molecule has 2 aliphatic rings. The molecule has 1 saturated heterocycles. The van der Waals surface area contributed by atoms with E-state index in [9.17, 15) is 14.9 Å². The molecule has 0 radical (unpaired) electrons. The van der Waals surface area contributed by atoms with Crippen molar-refractivity contribution in [1.29, 1.82) is 5.26 Å². The smallest absolute Gasteiger partial charge is 0.227 e. The molecular formula is C17H19N3O3S. The number of fused-ring (bicyclic) bond motifs is 1. The van der Waals surface area contributed by atoms with Crippen molar-refractivity contribution in [2.45, 2.75) is 24.8 Å². The highest BCUT2D eigenvalue weighted by Gasteiger charge is 2.36. The molecule has 0 aromatic heterocycles. The van der Waals surface area contributed by atoms with Crippen LogP contribution in [0.1, 0.15) is 19.3 Å². The van der Waals surface area contributed by atoms with E-state index in [2.05, 4.69) is 11.4 Å². The number of benzene rings is 1. The SMILES string of the molecule is N#C[C@@]1(NC(=O)CCC(=O)N2CCOc3ccccc32)CCSC1. The molecule has 0 unspecified atom stereocenters. The fourth-order valence-electron chi connectivity index (χ4n) is 2.89. The number of carbonyl (C=O) groups is 2. The second kappa shape index (κ2) is 7.14. The molecule has 3 rings (SSSR count). The lowest BCUT2D eigenvalue weighted by Gasteiger charge is -2.29. The van der Waals surface area contributed by atoms with Gasteiger partial charge in [-0.25, -0.2) is 0 Å². The first kappa shape index (κ1) is 16.7. The predicted molar refractivity (Wildman–Crippen MR) is 92.0 cm³/mol. The molecule has 24 heavy (non-hydrogen) atoms. The number of para-hydroxylation sites is 2. The lowest BCUT2D eigenvalue weighted by Crippen LogP contribution is -2.47. The summed E-state index contributed by atoms with van der Waals surface area (Å²) in [5.41, 5.74) is -0.0223. The topological polar surface area (TPSA) is 82.4 Å². The van der Waals surface area contributed by atoms with Crippen molar-refractivity contribution < 1.29 is 14.3 Å². The van der Waals surface area contributed by atoms with E-state index < -0.39 is 5.54 Å². The fraction of sp³-hybridized carbons (Fsp3) is 0.471. The Balaban J connectivity index is 1.56.